The number of aryl methyl sites for hydroxylation is 1. The van der Waals surface area contributed by atoms with Crippen molar-refractivity contribution in [2.75, 3.05) is 5.75 Å². The molecule has 21 heavy (non-hydrogen) atoms. The second-order valence-corrected chi connectivity index (χ2v) is 6.58. The molecule has 0 atom stereocenters. The van der Waals surface area contributed by atoms with E-state index in [-0.39, 0.29) is 5.75 Å². The van der Waals surface area contributed by atoms with Crippen molar-refractivity contribution in [2.45, 2.75) is 44.3 Å². The number of carboxylic acid groups (broad SMARTS) is 1. The van der Waals surface area contributed by atoms with Crippen LogP contribution in [0.25, 0.3) is 11.2 Å². The summed E-state index contributed by atoms with van der Waals surface area (Å²) in [6, 6.07) is 1.95. The fourth-order valence-electron chi connectivity index (χ4n) is 2.97. The topological polar surface area (TPSA) is 68.0 Å². The third-order valence-corrected chi connectivity index (χ3v) is 5.00. The molecule has 2 aromatic rings. The molecule has 2 heterocycles. The Morgan fingerprint density at radius 1 is 1.48 bits per heavy atom. The van der Waals surface area contributed by atoms with Crippen LogP contribution in [0.3, 0.4) is 0 Å². The Hall–Kier alpha value is -1.56. The molecule has 5 nitrogen and oxygen atoms in total. The van der Waals surface area contributed by atoms with E-state index in [1.807, 2.05) is 13.0 Å². The molecule has 1 aliphatic carbocycles. The largest absolute Gasteiger partial charge is 0.481 e. The lowest BCUT2D eigenvalue weighted by Gasteiger charge is -2.12. The summed E-state index contributed by atoms with van der Waals surface area (Å²) in [6.45, 7) is 2.91. The first-order chi connectivity index (χ1) is 10.1. The summed E-state index contributed by atoms with van der Waals surface area (Å²) < 4.78 is 2.12. The first kappa shape index (κ1) is 14.4. The molecule has 0 unspecified atom stereocenters. The number of nitrogens with zero attached hydrogens (tertiary/aromatic N) is 3. The zero-order valence-corrected chi connectivity index (χ0v) is 12.9. The number of hydrogen-bond donors (Lipinski definition) is 1. The van der Waals surface area contributed by atoms with Gasteiger partial charge in [0.05, 0.1) is 5.75 Å². The van der Waals surface area contributed by atoms with Gasteiger partial charge in [0, 0.05) is 12.7 Å². The molecule has 1 saturated carbocycles. The van der Waals surface area contributed by atoms with E-state index in [0.717, 1.165) is 28.4 Å². The molecular formula is C15H19N3O2S. The van der Waals surface area contributed by atoms with Gasteiger partial charge in [-0.05, 0) is 37.3 Å². The van der Waals surface area contributed by atoms with Crippen molar-refractivity contribution < 1.29 is 9.90 Å². The summed E-state index contributed by atoms with van der Waals surface area (Å²) in [6.07, 6.45) is 6.88. The van der Waals surface area contributed by atoms with Gasteiger partial charge in [0.1, 0.15) is 5.52 Å². The molecule has 0 radical (unpaired) electrons. The Morgan fingerprint density at radius 2 is 2.24 bits per heavy atom. The normalized spacial score (nSPS) is 15.9. The molecule has 0 bridgehead atoms. The van der Waals surface area contributed by atoms with E-state index in [2.05, 4.69) is 14.5 Å². The maximum atomic E-state index is 10.8. The molecule has 0 aromatic carbocycles. The predicted molar refractivity (Wildman–Crippen MR) is 82.6 cm³/mol. The van der Waals surface area contributed by atoms with Gasteiger partial charge in [0.25, 0.3) is 0 Å². The second kappa shape index (κ2) is 6.05. The molecule has 2 aromatic heterocycles. The molecule has 6 heteroatoms. The molecule has 112 valence electrons. The highest BCUT2D eigenvalue weighted by atomic mass is 32.2. The number of carboxylic acids is 1. The Bertz CT molecular complexity index is 662. The summed E-state index contributed by atoms with van der Waals surface area (Å²) in [7, 11) is 0. The molecule has 1 fully saturated rings. The number of imidazole rings is 1. The van der Waals surface area contributed by atoms with Gasteiger partial charge in [-0.15, -0.1) is 0 Å². The number of rotatable bonds is 5. The van der Waals surface area contributed by atoms with Gasteiger partial charge < -0.3 is 9.67 Å². The van der Waals surface area contributed by atoms with Crippen molar-refractivity contribution >= 4 is 28.9 Å². The number of aromatic nitrogens is 3. The van der Waals surface area contributed by atoms with Crippen molar-refractivity contribution in [3.05, 3.63) is 17.8 Å². The number of aliphatic carboxylic acids is 1. The fraction of sp³-hybridized carbons (Fsp3) is 0.533. The van der Waals surface area contributed by atoms with Gasteiger partial charge in [-0.25, -0.2) is 9.97 Å². The first-order valence-corrected chi connectivity index (χ1v) is 8.30. The van der Waals surface area contributed by atoms with E-state index < -0.39 is 5.97 Å². The minimum absolute atomic E-state index is 0.0348. The Balaban J connectivity index is 1.97. The summed E-state index contributed by atoms with van der Waals surface area (Å²) in [4.78, 5) is 19.9. The van der Waals surface area contributed by atoms with Crippen molar-refractivity contribution in [2.24, 2.45) is 5.92 Å². The van der Waals surface area contributed by atoms with E-state index in [1.165, 1.54) is 37.4 Å². The van der Waals surface area contributed by atoms with Crippen molar-refractivity contribution in [3.63, 3.8) is 0 Å². The summed E-state index contributed by atoms with van der Waals surface area (Å²) in [5.41, 5.74) is 2.86. The number of pyridine rings is 1. The molecule has 0 amide bonds. The number of fused-ring (bicyclic) bond motifs is 1. The van der Waals surface area contributed by atoms with E-state index in [1.54, 1.807) is 6.20 Å². The van der Waals surface area contributed by atoms with Crippen LogP contribution in [0.5, 0.6) is 0 Å². The average Bonchev–Trinajstić information content (AvgIpc) is 3.07. The smallest absolute Gasteiger partial charge is 0.313 e. The van der Waals surface area contributed by atoms with E-state index in [0.29, 0.717) is 5.92 Å². The highest BCUT2D eigenvalue weighted by Crippen LogP contribution is 2.31. The quantitative estimate of drug-likeness (QED) is 0.860. The molecule has 0 aliphatic heterocycles. The van der Waals surface area contributed by atoms with Gasteiger partial charge in [0.15, 0.2) is 10.8 Å². The monoisotopic (exact) mass is 305 g/mol. The Morgan fingerprint density at radius 3 is 2.95 bits per heavy atom. The highest BCUT2D eigenvalue weighted by Gasteiger charge is 2.21. The number of carbonyl (C=O) groups is 1. The fourth-order valence-corrected chi connectivity index (χ4v) is 3.70. The lowest BCUT2D eigenvalue weighted by Crippen LogP contribution is -2.10. The maximum Gasteiger partial charge on any atom is 0.313 e. The molecule has 0 saturated heterocycles. The third kappa shape index (κ3) is 3.05. The highest BCUT2D eigenvalue weighted by molar-refractivity contribution is 7.99. The van der Waals surface area contributed by atoms with Gasteiger partial charge in [0.2, 0.25) is 0 Å². The van der Waals surface area contributed by atoms with Crippen molar-refractivity contribution in [1.29, 1.82) is 0 Å². The zero-order chi connectivity index (χ0) is 14.8. The van der Waals surface area contributed by atoms with Crippen LogP contribution in [0, 0.1) is 12.8 Å². The van der Waals surface area contributed by atoms with Crippen LogP contribution in [0.1, 0.15) is 31.2 Å². The minimum atomic E-state index is -0.816. The number of thioether (sulfide) groups is 1. The van der Waals surface area contributed by atoms with Crippen molar-refractivity contribution in [1.82, 2.24) is 14.5 Å². The van der Waals surface area contributed by atoms with Crippen LogP contribution in [0.15, 0.2) is 17.4 Å². The molecule has 3 rings (SSSR count). The third-order valence-electron chi connectivity index (χ3n) is 4.04. The summed E-state index contributed by atoms with van der Waals surface area (Å²) in [5, 5.41) is 9.68. The van der Waals surface area contributed by atoms with E-state index in [4.69, 9.17) is 5.11 Å². The van der Waals surface area contributed by atoms with Crippen LogP contribution in [-0.4, -0.2) is 31.4 Å². The zero-order valence-electron chi connectivity index (χ0n) is 12.1. The van der Waals surface area contributed by atoms with Gasteiger partial charge >= 0.3 is 5.97 Å². The van der Waals surface area contributed by atoms with Gasteiger partial charge in [-0.1, -0.05) is 24.6 Å². The molecule has 1 N–H and O–H groups in total. The van der Waals surface area contributed by atoms with Crippen LogP contribution < -0.4 is 0 Å². The lowest BCUT2D eigenvalue weighted by atomic mass is 10.1. The SMILES string of the molecule is Cc1ccnc2c1nc(SCC(=O)O)n2CC1CCCC1. The summed E-state index contributed by atoms with van der Waals surface area (Å²) in [5.74, 6) is -0.120. The summed E-state index contributed by atoms with van der Waals surface area (Å²) >= 11 is 1.29. The van der Waals surface area contributed by atoms with Crippen LogP contribution in [0.2, 0.25) is 0 Å². The van der Waals surface area contributed by atoms with Crippen LogP contribution >= 0.6 is 11.8 Å². The molecule has 0 spiro atoms. The lowest BCUT2D eigenvalue weighted by molar-refractivity contribution is -0.133. The Labute approximate surface area is 127 Å². The second-order valence-electron chi connectivity index (χ2n) is 5.64. The maximum absolute atomic E-state index is 10.8. The standard InChI is InChI=1S/C15H19N3O2S/c1-10-6-7-16-14-13(10)17-15(21-9-12(19)20)18(14)8-11-4-2-3-5-11/h6-7,11H,2-5,8-9H2,1H3,(H,19,20). The van der Waals surface area contributed by atoms with E-state index in [9.17, 15) is 4.79 Å². The molecular weight excluding hydrogens is 286 g/mol. The average molecular weight is 305 g/mol. The predicted octanol–water partition coefficient (Wildman–Crippen LogP) is 3.11. The van der Waals surface area contributed by atoms with E-state index >= 15 is 0 Å². The van der Waals surface area contributed by atoms with Crippen LogP contribution in [-0.2, 0) is 11.3 Å². The molecule has 1 aliphatic rings. The van der Waals surface area contributed by atoms with Crippen molar-refractivity contribution in [3.8, 4) is 0 Å². The minimum Gasteiger partial charge on any atom is -0.481 e. The van der Waals surface area contributed by atoms with Gasteiger partial charge in [-0.3, -0.25) is 4.79 Å². The van der Waals surface area contributed by atoms with Gasteiger partial charge in [-0.2, -0.15) is 0 Å². The number of hydrogen-bond acceptors (Lipinski definition) is 4. The van der Waals surface area contributed by atoms with Crippen LogP contribution in [0.4, 0.5) is 0 Å². The Kier molecular flexibility index (Phi) is 4.14. The first-order valence-electron chi connectivity index (χ1n) is 7.31.